The van der Waals surface area contributed by atoms with E-state index in [-0.39, 0.29) is 11.8 Å². The highest BCUT2D eigenvalue weighted by Gasteiger charge is 2.42. The Morgan fingerprint density at radius 1 is 1.36 bits per heavy atom. The molecule has 0 aromatic heterocycles. The summed E-state index contributed by atoms with van der Waals surface area (Å²) in [6.45, 7) is 2.35. The molecule has 14 heavy (non-hydrogen) atoms. The van der Waals surface area contributed by atoms with Gasteiger partial charge in [0.25, 0.3) is 0 Å². The first-order valence-corrected chi connectivity index (χ1v) is 5.72. The Labute approximate surface area is 85.4 Å². The van der Waals surface area contributed by atoms with Gasteiger partial charge in [-0.15, -0.1) is 0 Å². The van der Waals surface area contributed by atoms with Crippen LogP contribution < -0.4 is 11.1 Å². The molecule has 1 atom stereocenters. The molecule has 0 radical (unpaired) electrons. The topological polar surface area (TPSA) is 55.1 Å². The van der Waals surface area contributed by atoms with Crippen LogP contribution in [-0.4, -0.2) is 18.5 Å². The molecule has 0 heterocycles. The standard InChI is InChI=1S/C11H20N2O/c1-7(6-12)11(14)13-10(8-2-3-8)9-4-5-9/h7-10H,2-6,12H2,1H3,(H,13,14). The third-order valence-corrected chi connectivity index (χ3v) is 3.37. The largest absolute Gasteiger partial charge is 0.353 e. The van der Waals surface area contributed by atoms with Crippen LogP contribution in [0.15, 0.2) is 0 Å². The first kappa shape index (κ1) is 9.97. The predicted molar refractivity (Wildman–Crippen MR) is 55.6 cm³/mol. The number of amides is 1. The number of hydrogen-bond donors (Lipinski definition) is 2. The molecule has 0 saturated heterocycles. The van der Waals surface area contributed by atoms with Crippen LogP contribution in [0.4, 0.5) is 0 Å². The average molecular weight is 196 g/mol. The first-order valence-electron chi connectivity index (χ1n) is 5.72. The minimum absolute atomic E-state index is 0.0324. The molecule has 3 N–H and O–H groups in total. The summed E-state index contributed by atoms with van der Waals surface area (Å²) in [7, 11) is 0. The van der Waals surface area contributed by atoms with Gasteiger partial charge in [0, 0.05) is 18.5 Å². The van der Waals surface area contributed by atoms with Crippen LogP contribution in [-0.2, 0) is 4.79 Å². The van der Waals surface area contributed by atoms with Crippen LogP contribution in [0.5, 0.6) is 0 Å². The van der Waals surface area contributed by atoms with E-state index in [0.717, 1.165) is 11.8 Å². The van der Waals surface area contributed by atoms with E-state index in [0.29, 0.717) is 12.6 Å². The van der Waals surface area contributed by atoms with Crippen LogP contribution in [0.2, 0.25) is 0 Å². The summed E-state index contributed by atoms with van der Waals surface area (Å²) in [5, 5.41) is 3.17. The van der Waals surface area contributed by atoms with Crippen molar-refractivity contribution in [2.75, 3.05) is 6.54 Å². The van der Waals surface area contributed by atoms with Crippen LogP contribution in [0.3, 0.4) is 0 Å². The number of nitrogens with two attached hydrogens (primary N) is 1. The maximum atomic E-state index is 11.7. The minimum Gasteiger partial charge on any atom is -0.353 e. The van der Waals surface area contributed by atoms with Crippen LogP contribution in [0.1, 0.15) is 32.6 Å². The van der Waals surface area contributed by atoms with E-state index in [1.165, 1.54) is 25.7 Å². The Bertz CT molecular complexity index is 209. The maximum absolute atomic E-state index is 11.7. The van der Waals surface area contributed by atoms with Gasteiger partial charge in [0.05, 0.1) is 0 Å². The lowest BCUT2D eigenvalue weighted by Crippen LogP contribution is -2.42. The Balaban J connectivity index is 1.83. The van der Waals surface area contributed by atoms with Crippen molar-refractivity contribution < 1.29 is 4.79 Å². The molecule has 2 saturated carbocycles. The zero-order chi connectivity index (χ0) is 10.1. The van der Waals surface area contributed by atoms with Crippen LogP contribution in [0.25, 0.3) is 0 Å². The molecule has 1 amide bonds. The number of hydrogen-bond acceptors (Lipinski definition) is 2. The molecule has 0 bridgehead atoms. The lowest BCUT2D eigenvalue weighted by molar-refractivity contribution is -0.125. The quantitative estimate of drug-likeness (QED) is 0.686. The fourth-order valence-corrected chi connectivity index (χ4v) is 1.94. The Hall–Kier alpha value is -0.570. The average Bonchev–Trinajstić information content (AvgIpc) is 3.04. The molecule has 3 nitrogen and oxygen atoms in total. The van der Waals surface area contributed by atoms with Crippen molar-refractivity contribution in [2.45, 2.75) is 38.6 Å². The highest BCUT2D eigenvalue weighted by molar-refractivity contribution is 5.78. The van der Waals surface area contributed by atoms with Crippen LogP contribution >= 0.6 is 0 Å². The summed E-state index contributed by atoms with van der Waals surface area (Å²) in [4.78, 5) is 11.7. The molecule has 0 spiro atoms. The molecule has 2 aliphatic carbocycles. The molecule has 80 valence electrons. The minimum atomic E-state index is -0.0324. The number of nitrogens with one attached hydrogen (secondary N) is 1. The number of carbonyl (C=O) groups excluding carboxylic acids is 1. The Kier molecular flexibility index (Phi) is 2.77. The maximum Gasteiger partial charge on any atom is 0.224 e. The first-order chi connectivity index (χ1) is 6.72. The van der Waals surface area contributed by atoms with Gasteiger partial charge >= 0.3 is 0 Å². The molecular formula is C11H20N2O. The molecule has 3 heteroatoms. The second-order valence-electron chi connectivity index (χ2n) is 4.85. The van der Waals surface area contributed by atoms with Crippen molar-refractivity contribution in [3.05, 3.63) is 0 Å². The van der Waals surface area contributed by atoms with E-state index in [9.17, 15) is 4.79 Å². The summed E-state index contributed by atoms with van der Waals surface area (Å²) in [5.74, 6) is 1.67. The third kappa shape index (κ3) is 2.27. The molecule has 2 fully saturated rings. The van der Waals surface area contributed by atoms with Crippen molar-refractivity contribution in [1.29, 1.82) is 0 Å². The molecule has 0 aromatic rings. The SMILES string of the molecule is CC(CN)C(=O)NC(C1CC1)C1CC1. The number of rotatable bonds is 5. The van der Waals surface area contributed by atoms with Crippen molar-refractivity contribution in [3.8, 4) is 0 Å². The van der Waals surface area contributed by atoms with Gasteiger partial charge in [-0.2, -0.15) is 0 Å². The van der Waals surface area contributed by atoms with Crippen molar-refractivity contribution >= 4 is 5.91 Å². The summed E-state index contributed by atoms with van der Waals surface area (Å²) in [5.41, 5.74) is 5.47. The smallest absolute Gasteiger partial charge is 0.224 e. The van der Waals surface area contributed by atoms with E-state index in [1.54, 1.807) is 0 Å². The summed E-state index contributed by atoms with van der Waals surface area (Å²) in [6, 6.07) is 0.469. The normalized spacial score (nSPS) is 23.6. The highest BCUT2D eigenvalue weighted by Crippen LogP contribution is 2.44. The fourth-order valence-electron chi connectivity index (χ4n) is 1.94. The van der Waals surface area contributed by atoms with Crippen molar-refractivity contribution in [1.82, 2.24) is 5.32 Å². The fraction of sp³-hybridized carbons (Fsp3) is 0.909. The monoisotopic (exact) mass is 196 g/mol. The van der Waals surface area contributed by atoms with Gasteiger partial charge in [-0.05, 0) is 37.5 Å². The van der Waals surface area contributed by atoms with E-state index >= 15 is 0 Å². The Morgan fingerprint density at radius 3 is 2.21 bits per heavy atom. The zero-order valence-corrected chi connectivity index (χ0v) is 8.83. The third-order valence-electron chi connectivity index (χ3n) is 3.37. The molecule has 0 aromatic carbocycles. The molecule has 0 aliphatic heterocycles. The summed E-state index contributed by atoms with van der Waals surface area (Å²) in [6.07, 6.45) is 5.22. The van der Waals surface area contributed by atoms with E-state index < -0.39 is 0 Å². The molecule has 2 aliphatic rings. The van der Waals surface area contributed by atoms with Gasteiger partial charge in [0.2, 0.25) is 5.91 Å². The summed E-state index contributed by atoms with van der Waals surface area (Å²) < 4.78 is 0. The summed E-state index contributed by atoms with van der Waals surface area (Å²) >= 11 is 0. The van der Waals surface area contributed by atoms with Gasteiger partial charge in [-0.25, -0.2) is 0 Å². The highest BCUT2D eigenvalue weighted by atomic mass is 16.1. The lowest BCUT2D eigenvalue weighted by atomic mass is 10.1. The second kappa shape index (κ2) is 3.89. The van der Waals surface area contributed by atoms with Crippen molar-refractivity contribution in [3.63, 3.8) is 0 Å². The second-order valence-corrected chi connectivity index (χ2v) is 4.85. The Morgan fingerprint density at radius 2 is 1.86 bits per heavy atom. The van der Waals surface area contributed by atoms with Gasteiger partial charge < -0.3 is 11.1 Å². The lowest BCUT2D eigenvalue weighted by Gasteiger charge is -2.19. The van der Waals surface area contributed by atoms with E-state index in [4.69, 9.17) is 5.73 Å². The van der Waals surface area contributed by atoms with Crippen molar-refractivity contribution in [2.24, 2.45) is 23.5 Å². The molecule has 2 rings (SSSR count). The van der Waals surface area contributed by atoms with Crippen LogP contribution in [0, 0.1) is 17.8 Å². The van der Waals surface area contributed by atoms with Gasteiger partial charge in [-0.1, -0.05) is 6.92 Å². The molecular weight excluding hydrogens is 176 g/mol. The van der Waals surface area contributed by atoms with E-state index in [2.05, 4.69) is 5.32 Å². The zero-order valence-electron chi connectivity index (χ0n) is 8.83. The number of carbonyl (C=O) groups is 1. The molecule has 1 unspecified atom stereocenters. The van der Waals surface area contributed by atoms with Gasteiger partial charge in [-0.3, -0.25) is 4.79 Å². The van der Waals surface area contributed by atoms with Gasteiger partial charge in [0.15, 0.2) is 0 Å². The predicted octanol–water partition coefficient (Wildman–Crippen LogP) is 0.886. The van der Waals surface area contributed by atoms with Gasteiger partial charge in [0.1, 0.15) is 0 Å². The van der Waals surface area contributed by atoms with E-state index in [1.807, 2.05) is 6.92 Å².